The highest BCUT2D eigenvalue weighted by Gasteiger charge is 2.19. The first-order valence-corrected chi connectivity index (χ1v) is 3.45. The minimum atomic E-state index is -1.41. The van der Waals surface area contributed by atoms with Gasteiger partial charge >= 0.3 is 0 Å². The minimum Gasteiger partial charge on any atom is -0.346 e. The van der Waals surface area contributed by atoms with Crippen molar-refractivity contribution < 1.29 is 9.13 Å². The summed E-state index contributed by atoms with van der Waals surface area (Å²) >= 11 is 0. The zero-order valence-electron chi connectivity index (χ0n) is 6.41. The molecular formula is C7H15FO. The van der Waals surface area contributed by atoms with Crippen LogP contribution in [0.15, 0.2) is 0 Å². The van der Waals surface area contributed by atoms with Crippen LogP contribution in [0.25, 0.3) is 0 Å². The maximum absolute atomic E-state index is 12.8. The Labute approximate surface area is 56.2 Å². The van der Waals surface area contributed by atoms with Crippen LogP contribution in [-0.2, 0) is 4.74 Å². The lowest BCUT2D eigenvalue weighted by Crippen LogP contribution is -2.21. The summed E-state index contributed by atoms with van der Waals surface area (Å²) in [4.78, 5) is 0. The van der Waals surface area contributed by atoms with Crippen molar-refractivity contribution in [3.05, 3.63) is 0 Å². The molecule has 0 fully saturated rings. The first kappa shape index (κ1) is 8.89. The van der Waals surface area contributed by atoms with Gasteiger partial charge in [0.1, 0.15) is 0 Å². The predicted molar refractivity (Wildman–Crippen MR) is 36.0 cm³/mol. The van der Waals surface area contributed by atoms with Crippen LogP contribution in [0.2, 0.25) is 0 Å². The summed E-state index contributed by atoms with van der Waals surface area (Å²) in [5, 5.41) is 0. The van der Waals surface area contributed by atoms with Crippen LogP contribution in [0, 0.1) is 0 Å². The molecule has 9 heavy (non-hydrogen) atoms. The fraction of sp³-hybridized carbons (Fsp3) is 1.00. The van der Waals surface area contributed by atoms with Gasteiger partial charge in [0.2, 0.25) is 5.85 Å². The first-order chi connectivity index (χ1) is 4.12. The lowest BCUT2D eigenvalue weighted by atomic mass is 10.3. The van der Waals surface area contributed by atoms with Crippen LogP contribution in [0.1, 0.15) is 33.6 Å². The molecule has 0 radical (unpaired) electrons. The number of halogens is 1. The molecule has 0 amide bonds. The van der Waals surface area contributed by atoms with Gasteiger partial charge in [-0.2, -0.15) is 0 Å². The summed E-state index contributed by atoms with van der Waals surface area (Å²) in [7, 11) is 0. The van der Waals surface area contributed by atoms with Crippen molar-refractivity contribution in [2.75, 3.05) is 6.61 Å². The van der Waals surface area contributed by atoms with Gasteiger partial charge < -0.3 is 4.74 Å². The Morgan fingerprint density at radius 1 is 1.44 bits per heavy atom. The Hall–Kier alpha value is -0.110. The van der Waals surface area contributed by atoms with Crippen molar-refractivity contribution in [1.82, 2.24) is 0 Å². The van der Waals surface area contributed by atoms with Gasteiger partial charge in [0, 0.05) is 6.42 Å². The molecule has 0 spiro atoms. The number of hydrogen-bond donors (Lipinski definition) is 0. The SMILES string of the molecule is CCCOC(C)(F)CC. The van der Waals surface area contributed by atoms with Gasteiger partial charge in [0.25, 0.3) is 0 Å². The van der Waals surface area contributed by atoms with E-state index < -0.39 is 5.85 Å². The summed E-state index contributed by atoms with van der Waals surface area (Å²) < 4.78 is 17.6. The van der Waals surface area contributed by atoms with Gasteiger partial charge in [-0.05, 0) is 13.3 Å². The molecule has 0 aliphatic carbocycles. The van der Waals surface area contributed by atoms with Crippen molar-refractivity contribution in [3.63, 3.8) is 0 Å². The van der Waals surface area contributed by atoms with E-state index in [1.807, 2.05) is 6.92 Å². The largest absolute Gasteiger partial charge is 0.346 e. The molecule has 2 heteroatoms. The number of hydrogen-bond acceptors (Lipinski definition) is 1. The van der Waals surface area contributed by atoms with Gasteiger partial charge in [-0.3, -0.25) is 0 Å². The van der Waals surface area contributed by atoms with E-state index in [2.05, 4.69) is 0 Å². The van der Waals surface area contributed by atoms with Gasteiger partial charge in [-0.1, -0.05) is 13.8 Å². The topological polar surface area (TPSA) is 9.23 Å². The Balaban J connectivity index is 3.33. The molecule has 0 aromatic rings. The Bertz CT molecular complexity index is 71.3. The maximum atomic E-state index is 12.8. The molecule has 0 saturated heterocycles. The van der Waals surface area contributed by atoms with E-state index in [9.17, 15) is 4.39 Å². The molecule has 56 valence electrons. The van der Waals surface area contributed by atoms with Crippen LogP contribution in [-0.4, -0.2) is 12.5 Å². The van der Waals surface area contributed by atoms with Crippen LogP contribution >= 0.6 is 0 Å². The van der Waals surface area contributed by atoms with E-state index in [1.54, 1.807) is 6.92 Å². The molecular weight excluding hydrogens is 119 g/mol. The van der Waals surface area contributed by atoms with Gasteiger partial charge in [0.05, 0.1) is 6.61 Å². The van der Waals surface area contributed by atoms with Crippen molar-refractivity contribution in [1.29, 1.82) is 0 Å². The van der Waals surface area contributed by atoms with Crippen LogP contribution in [0.4, 0.5) is 4.39 Å². The van der Waals surface area contributed by atoms with E-state index in [1.165, 1.54) is 6.92 Å². The monoisotopic (exact) mass is 134 g/mol. The van der Waals surface area contributed by atoms with E-state index in [0.717, 1.165) is 6.42 Å². The Morgan fingerprint density at radius 2 is 2.00 bits per heavy atom. The molecule has 0 N–H and O–H groups in total. The van der Waals surface area contributed by atoms with Crippen molar-refractivity contribution >= 4 is 0 Å². The molecule has 1 unspecified atom stereocenters. The summed E-state index contributed by atoms with van der Waals surface area (Å²) in [6, 6.07) is 0. The van der Waals surface area contributed by atoms with E-state index in [0.29, 0.717) is 13.0 Å². The molecule has 1 nitrogen and oxygen atoms in total. The summed E-state index contributed by atoms with van der Waals surface area (Å²) in [5.41, 5.74) is 0. The van der Waals surface area contributed by atoms with Gasteiger partial charge in [-0.25, -0.2) is 4.39 Å². The van der Waals surface area contributed by atoms with Gasteiger partial charge in [0.15, 0.2) is 0 Å². The zero-order valence-corrected chi connectivity index (χ0v) is 6.41. The van der Waals surface area contributed by atoms with Crippen LogP contribution in [0.5, 0.6) is 0 Å². The molecule has 0 aromatic carbocycles. The Morgan fingerprint density at radius 3 is 2.33 bits per heavy atom. The molecule has 1 atom stereocenters. The molecule has 0 rings (SSSR count). The lowest BCUT2D eigenvalue weighted by molar-refractivity contribution is -0.132. The van der Waals surface area contributed by atoms with E-state index in [4.69, 9.17) is 4.74 Å². The highest BCUT2D eigenvalue weighted by Crippen LogP contribution is 2.15. The van der Waals surface area contributed by atoms with Crippen molar-refractivity contribution in [3.8, 4) is 0 Å². The normalized spacial score (nSPS) is 17.3. The predicted octanol–water partition coefficient (Wildman–Crippen LogP) is 2.51. The second-order valence-electron chi connectivity index (χ2n) is 2.30. The maximum Gasteiger partial charge on any atom is 0.206 e. The summed E-state index contributed by atoms with van der Waals surface area (Å²) in [6.45, 7) is 5.71. The third kappa shape index (κ3) is 4.40. The van der Waals surface area contributed by atoms with Crippen molar-refractivity contribution in [2.24, 2.45) is 0 Å². The van der Waals surface area contributed by atoms with Crippen LogP contribution in [0.3, 0.4) is 0 Å². The fourth-order valence-corrected chi connectivity index (χ4v) is 0.417. The average molecular weight is 134 g/mol. The molecule has 0 aliphatic rings. The zero-order chi connectivity index (χ0) is 7.33. The fourth-order valence-electron chi connectivity index (χ4n) is 0.417. The lowest BCUT2D eigenvalue weighted by Gasteiger charge is -2.17. The Kier molecular flexibility index (Phi) is 3.78. The van der Waals surface area contributed by atoms with Crippen LogP contribution < -0.4 is 0 Å². The average Bonchev–Trinajstić information content (AvgIpc) is 1.84. The quantitative estimate of drug-likeness (QED) is 0.574. The van der Waals surface area contributed by atoms with E-state index >= 15 is 0 Å². The third-order valence-corrected chi connectivity index (χ3v) is 1.24. The highest BCUT2D eigenvalue weighted by atomic mass is 19.2. The molecule has 0 heterocycles. The number of ether oxygens (including phenoxy) is 1. The minimum absolute atomic E-state index is 0.424. The molecule has 0 aliphatic heterocycles. The summed E-state index contributed by atoms with van der Waals surface area (Å²) in [6.07, 6.45) is 1.30. The second kappa shape index (κ2) is 3.83. The first-order valence-electron chi connectivity index (χ1n) is 3.45. The molecule has 0 saturated carbocycles. The van der Waals surface area contributed by atoms with Crippen molar-refractivity contribution in [2.45, 2.75) is 39.5 Å². The number of alkyl halides is 1. The van der Waals surface area contributed by atoms with Gasteiger partial charge in [-0.15, -0.1) is 0 Å². The molecule has 0 aromatic heterocycles. The summed E-state index contributed by atoms with van der Waals surface area (Å²) in [5.74, 6) is -1.41. The third-order valence-electron chi connectivity index (χ3n) is 1.24. The second-order valence-corrected chi connectivity index (χ2v) is 2.30. The highest BCUT2D eigenvalue weighted by molar-refractivity contribution is 4.55. The smallest absolute Gasteiger partial charge is 0.206 e. The standard InChI is InChI=1S/C7H15FO/c1-4-6-9-7(3,8)5-2/h4-6H2,1-3H3. The van der Waals surface area contributed by atoms with E-state index in [-0.39, 0.29) is 0 Å². The molecule has 0 bridgehead atoms. The number of rotatable bonds is 4.